The summed E-state index contributed by atoms with van der Waals surface area (Å²) in [5.41, 5.74) is -0.470. The van der Waals surface area contributed by atoms with Gasteiger partial charge in [0.15, 0.2) is 11.5 Å². The van der Waals surface area contributed by atoms with Gasteiger partial charge >= 0.3 is 6.18 Å². The number of ether oxygens (including phenoxy) is 3. The molecule has 2 aromatic carbocycles. The second-order valence-electron chi connectivity index (χ2n) is 10.3. The molecule has 0 radical (unpaired) electrons. The van der Waals surface area contributed by atoms with Gasteiger partial charge in [-0.2, -0.15) is 13.2 Å². The summed E-state index contributed by atoms with van der Waals surface area (Å²) >= 11 is 1.94. The first-order chi connectivity index (χ1) is 21.0. The van der Waals surface area contributed by atoms with Crippen LogP contribution < -0.4 is 14.8 Å². The van der Waals surface area contributed by atoms with E-state index in [2.05, 4.69) is 5.32 Å². The second-order valence-corrected chi connectivity index (χ2v) is 11.5. The van der Waals surface area contributed by atoms with Crippen LogP contribution in [0.15, 0.2) is 48.0 Å². The van der Waals surface area contributed by atoms with Crippen molar-refractivity contribution in [3.8, 4) is 11.5 Å². The molecule has 3 N–H and O–H groups in total. The first-order valence-corrected chi connectivity index (χ1v) is 14.9. The number of rotatable bonds is 11. The Morgan fingerprint density at radius 3 is 2.55 bits per heavy atom. The number of aliphatic hydroxyl groups excluding tert-OH is 2. The van der Waals surface area contributed by atoms with E-state index < -0.39 is 47.9 Å². The van der Waals surface area contributed by atoms with Crippen LogP contribution in [-0.4, -0.2) is 91.0 Å². The van der Waals surface area contributed by atoms with Crippen LogP contribution in [0.5, 0.6) is 11.5 Å². The summed E-state index contributed by atoms with van der Waals surface area (Å²) < 4.78 is 57.4. The maximum absolute atomic E-state index is 13.9. The van der Waals surface area contributed by atoms with Crippen LogP contribution in [0, 0.1) is 3.57 Å². The number of carbonyl (C=O) groups excluding carboxylic acids is 3. The summed E-state index contributed by atoms with van der Waals surface area (Å²) in [5.74, 6) is -0.822. The van der Waals surface area contributed by atoms with Gasteiger partial charge in [0.1, 0.15) is 18.5 Å². The molecule has 10 nitrogen and oxygen atoms in total. The van der Waals surface area contributed by atoms with Gasteiger partial charge in [-0.15, -0.1) is 0 Å². The van der Waals surface area contributed by atoms with Crippen molar-refractivity contribution in [3.63, 3.8) is 0 Å². The number of halogens is 4. The number of aliphatic hydroxyl groups is 2. The maximum atomic E-state index is 13.9. The fourth-order valence-corrected chi connectivity index (χ4v) is 5.93. The average Bonchev–Trinajstić information content (AvgIpc) is 3.53. The van der Waals surface area contributed by atoms with E-state index in [9.17, 15) is 37.8 Å². The lowest BCUT2D eigenvalue weighted by Gasteiger charge is -2.41. The summed E-state index contributed by atoms with van der Waals surface area (Å²) in [6.07, 6.45) is -4.27. The molecule has 1 fully saturated rings. The quantitative estimate of drug-likeness (QED) is 0.237. The number of nitrogens with one attached hydrogen (secondary N) is 1. The van der Waals surface area contributed by atoms with E-state index in [4.69, 9.17) is 14.2 Å². The van der Waals surface area contributed by atoms with E-state index in [0.717, 1.165) is 30.7 Å². The number of nitrogens with zero attached hydrogens (tertiary/aromatic N) is 1. The molecule has 0 bridgehead atoms. The molecule has 1 aliphatic carbocycles. The molecule has 14 heteroatoms. The largest absolute Gasteiger partial charge is 0.493 e. The van der Waals surface area contributed by atoms with Crippen LogP contribution in [0.2, 0.25) is 0 Å². The minimum absolute atomic E-state index is 0.00866. The van der Waals surface area contributed by atoms with Crippen molar-refractivity contribution in [2.75, 3.05) is 33.4 Å². The normalized spacial score (nSPS) is 21.8. The number of amides is 2. The fraction of sp³-hybridized carbons (Fsp3) is 0.433. The van der Waals surface area contributed by atoms with Crippen molar-refractivity contribution in [1.29, 1.82) is 0 Å². The highest BCUT2D eigenvalue weighted by molar-refractivity contribution is 14.1. The van der Waals surface area contributed by atoms with Gasteiger partial charge in [-0.25, -0.2) is 0 Å². The topological polar surface area (TPSA) is 135 Å². The zero-order chi connectivity index (χ0) is 32.0. The van der Waals surface area contributed by atoms with Gasteiger partial charge in [0, 0.05) is 42.8 Å². The SMILES string of the molecule is COc1cc(C=O)cc(I)c1OC1C=C(C(=O)NCCO)CC(N(CC2CCCO2)C(=O)c2ccc(C(F)(F)F)cc2)C1O. The highest BCUT2D eigenvalue weighted by Gasteiger charge is 2.42. The number of carbonyl (C=O) groups is 3. The molecule has 2 aromatic rings. The lowest BCUT2D eigenvalue weighted by atomic mass is 9.87. The van der Waals surface area contributed by atoms with Crippen LogP contribution >= 0.6 is 22.6 Å². The third kappa shape index (κ3) is 7.89. The standard InChI is InChI=1S/C30H32F3IN2O8/c1-42-25-12-17(16-38)11-22(34)27(25)44-24-14-19(28(40)35-8-9-37)13-23(26(24)39)36(15-21-3-2-10-43-21)29(41)18-4-6-20(7-5-18)30(31,32)33/h4-7,11-12,14,16,21,23-24,26,37,39H,2-3,8-10,13,15H2,1H3,(H,35,40). The minimum atomic E-state index is -4.59. The summed E-state index contributed by atoms with van der Waals surface area (Å²) in [5, 5.41) is 23.5. The zero-order valence-corrected chi connectivity index (χ0v) is 25.8. The van der Waals surface area contributed by atoms with Crippen molar-refractivity contribution < 1.29 is 52.0 Å². The van der Waals surface area contributed by atoms with E-state index >= 15 is 0 Å². The maximum Gasteiger partial charge on any atom is 0.416 e. The van der Waals surface area contributed by atoms with Crippen LogP contribution in [0.25, 0.3) is 0 Å². The first kappa shape index (κ1) is 33.7. The van der Waals surface area contributed by atoms with E-state index in [1.54, 1.807) is 6.07 Å². The molecule has 4 atom stereocenters. The Labute approximate surface area is 265 Å². The Morgan fingerprint density at radius 2 is 1.95 bits per heavy atom. The summed E-state index contributed by atoms with van der Waals surface area (Å²) in [6, 6.07) is 5.71. The summed E-state index contributed by atoms with van der Waals surface area (Å²) in [6.45, 7) is 0.114. The summed E-state index contributed by atoms with van der Waals surface area (Å²) in [7, 11) is 1.38. The smallest absolute Gasteiger partial charge is 0.416 e. The molecular formula is C30H32F3IN2O8. The molecule has 0 aromatic heterocycles. The molecule has 1 heterocycles. The van der Waals surface area contributed by atoms with Crippen LogP contribution in [0.4, 0.5) is 13.2 Å². The number of aldehydes is 1. The molecule has 238 valence electrons. The molecule has 2 aliphatic rings. The van der Waals surface area contributed by atoms with E-state index in [1.165, 1.54) is 24.2 Å². The molecule has 0 spiro atoms. The highest BCUT2D eigenvalue weighted by Crippen LogP contribution is 2.37. The third-order valence-electron chi connectivity index (χ3n) is 7.40. The van der Waals surface area contributed by atoms with Crippen molar-refractivity contribution in [1.82, 2.24) is 10.2 Å². The number of alkyl halides is 3. The van der Waals surface area contributed by atoms with Crippen molar-refractivity contribution >= 4 is 40.7 Å². The molecule has 1 saturated heterocycles. The Bertz CT molecular complexity index is 1380. The van der Waals surface area contributed by atoms with Gasteiger partial charge in [0.25, 0.3) is 5.91 Å². The third-order valence-corrected chi connectivity index (χ3v) is 8.20. The lowest BCUT2D eigenvalue weighted by Crippen LogP contribution is -2.56. The molecular weight excluding hydrogens is 700 g/mol. The Balaban J connectivity index is 1.73. The fourth-order valence-electron chi connectivity index (χ4n) is 5.18. The second kappa shape index (κ2) is 14.7. The van der Waals surface area contributed by atoms with Gasteiger partial charge in [-0.3, -0.25) is 14.4 Å². The molecule has 4 rings (SSSR count). The molecule has 2 amide bonds. The van der Waals surface area contributed by atoms with E-state index in [0.29, 0.717) is 28.4 Å². The van der Waals surface area contributed by atoms with Crippen LogP contribution in [0.3, 0.4) is 0 Å². The first-order valence-electron chi connectivity index (χ1n) is 13.8. The highest BCUT2D eigenvalue weighted by atomic mass is 127. The Kier molecular flexibility index (Phi) is 11.3. The zero-order valence-electron chi connectivity index (χ0n) is 23.7. The number of benzene rings is 2. The van der Waals surface area contributed by atoms with Gasteiger partial charge in [0.05, 0.1) is 35.0 Å². The van der Waals surface area contributed by atoms with Crippen molar-refractivity contribution in [2.45, 2.75) is 49.8 Å². The van der Waals surface area contributed by atoms with Crippen molar-refractivity contribution in [3.05, 3.63) is 68.3 Å². The molecule has 1 aliphatic heterocycles. The number of hydrogen-bond donors (Lipinski definition) is 3. The summed E-state index contributed by atoms with van der Waals surface area (Å²) in [4.78, 5) is 39.7. The predicted octanol–water partition coefficient (Wildman–Crippen LogP) is 3.37. The van der Waals surface area contributed by atoms with Crippen LogP contribution in [-0.2, 0) is 15.7 Å². The predicted molar refractivity (Wildman–Crippen MR) is 160 cm³/mol. The number of hydrogen-bond acceptors (Lipinski definition) is 8. The minimum Gasteiger partial charge on any atom is -0.493 e. The molecule has 0 saturated carbocycles. The Morgan fingerprint density at radius 1 is 1.23 bits per heavy atom. The average molecular weight is 732 g/mol. The lowest BCUT2D eigenvalue weighted by molar-refractivity contribution is -0.137. The van der Waals surface area contributed by atoms with E-state index in [1.807, 2.05) is 22.6 Å². The van der Waals surface area contributed by atoms with Gasteiger partial charge < -0.3 is 34.6 Å². The number of methoxy groups -OCH3 is 1. The Hall–Kier alpha value is -3.21. The monoisotopic (exact) mass is 732 g/mol. The van der Waals surface area contributed by atoms with E-state index in [-0.39, 0.29) is 48.8 Å². The van der Waals surface area contributed by atoms with Crippen molar-refractivity contribution in [2.24, 2.45) is 0 Å². The molecule has 44 heavy (non-hydrogen) atoms. The van der Waals surface area contributed by atoms with Gasteiger partial charge in [0.2, 0.25) is 5.91 Å². The van der Waals surface area contributed by atoms with Crippen LogP contribution in [0.1, 0.15) is 45.5 Å². The molecule has 4 unspecified atom stereocenters. The van der Waals surface area contributed by atoms with Gasteiger partial charge in [-0.1, -0.05) is 0 Å². The van der Waals surface area contributed by atoms with Gasteiger partial charge in [-0.05, 0) is 77.9 Å².